The van der Waals surface area contributed by atoms with Gasteiger partial charge in [-0.05, 0) is 57.7 Å². The van der Waals surface area contributed by atoms with Crippen molar-refractivity contribution in [3.8, 4) is 0 Å². The Bertz CT molecular complexity index is 1420. The molecule has 36 heavy (non-hydrogen) atoms. The summed E-state index contributed by atoms with van der Waals surface area (Å²) < 4.78 is 126. The maximum absolute atomic E-state index is 15.9. The van der Waals surface area contributed by atoms with Gasteiger partial charge in [-0.15, -0.1) is 0 Å². The van der Waals surface area contributed by atoms with E-state index in [1.165, 1.54) is 4.90 Å². The first kappa shape index (κ1) is 15.1. The van der Waals surface area contributed by atoms with Gasteiger partial charge in [-0.1, -0.05) is 12.8 Å². The second kappa shape index (κ2) is 10.9. The fraction of sp³-hybridized carbons (Fsp3) is 0.704. The van der Waals surface area contributed by atoms with E-state index in [4.69, 9.17) is 17.1 Å². The Morgan fingerprint density at radius 1 is 1.31 bits per heavy atom. The number of morpholine rings is 1. The molecule has 3 aliphatic rings. The van der Waals surface area contributed by atoms with Crippen molar-refractivity contribution in [1.82, 2.24) is 5.32 Å². The molecule has 1 saturated carbocycles. The van der Waals surface area contributed by atoms with Gasteiger partial charge in [-0.3, -0.25) is 9.38 Å². The lowest BCUT2D eigenvalue weighted by Crippen LogP contribution is -2.70. The fourth-order valence-corrected chi connectivity index (χ4v) is 4.36. The Labute approximate surface area is 230 Å². The summed E-state index contributed by atoms with van der Waals surface area (Å²) in [6.45, 7) is -8.51. The van der Waals surface area contributed by atoms with Gasteiger partial charge in [0.1, 0.15) is 5.82 Å². The number of hydrogen-bond donors (Lipinski definition) is 1. The summed E-state index contributed by atoms with van der Waals surface area (Å²) in [7, 11) is 0. The molecule has 3 fully saturated rings. The standard InChI is InChI=1S/C27H41FN4O4/c1-27(2,3)32(26(34)35)14-10-20(11-15-32)19-31(25(33)29-21-6-4-5-7-21)22-8-9-24(23(28)18-22)30-12-16-36-17-13-30/h8-9,18,20-21H,4-7,10-17,19H2,1-3H3,(H-,29,33,34,35)/i10D2,11D2,14D2,15D2,18D,19D2,20D. The molecule has 0 aromatic heterocycles. The summed E-state index contributed by atoms with van der Waals surface area (Å²) in [5, 5.41) is 15.3. The fourth-order valence-electron chi connectivity index (χ4n) is 4.36. The zero-order chi connectivity index (χ0) is 36.7. The molecule has 9 heteroatoms. The summed E-state index contributed by atoms with van der Waals surface area (Å²) in [6.07, 6.45) is -8.94. The molecule has 1 aromatic carbocycles. The number of likely N-dealkylation sites (tertiary alicyclic amines) is 1. The highest BCUT2D eigenvalue weighted by atomic mass is 19.1. The minimum atomic E-state index is -4.35. The van der Waals surface area contributed by atoms with Gasteiger partial charge in [-0.25, -0.2) is 9.18 Å². The molecule has 1 N–H and O–H groups in total. The smallest absolute Gasteiger partial charge is 0.322 e. The van der Waals surface area contributed by atoms with Crippen LogP contribution in [0.2, 0.25) is 0 Å². The van der Waals surface area contributed by atoms with Crippen molar-refractivity contribution in [3.05, 3.63) is 24.0 Å². The van der Waals surface area contributed by atoms with E-state index in [0.29, 0.717) is 25.7 Å². The van der Waals surface area contributed by atoms with Gasteiger partial charge in [-0.2, -0.15) is 0 Å². The first-order valence-corrected chi connectivity index (χ1v) is 12.1. The van der Waals surface area contributed by atoms with Crippen LogP contribution in [0.5, 0.6) is 0 Å². The minimum Gasteiger partial charge on any atom is -0.498 e. The monoisotopic (exact) mass is 516 g/mol. The number of piperidine rings is 1. The lowest BCUT2D eigenvalue weighted by Gasteiger charge is -2.51. The number of halogens is 1. The third kappa shape index (κ3) is 5.62. The maximum Gasteiger partial charge on any atom is 0.322 e. The lowest BCUT2D eigenvalue weighted by atomic mass is 9.89. The van der Waals surface area contributed by atoms with E-state index in [2.05, 4.69) is 5.32 Å². The van der Waals surface area contributed by atoms with Crippen molar-refractivity contribution in [2.75, 3.05) is 55.6 Å². The van der Waals surface area contributed by atoms with Crippen LogP contribution in [0.25, 0.3) is 0 Å². The zero-order valence-corrected chi connectivity index (χ0v) is 20.7. The molecule has 0 spiro atoms. The summed E-state index contributed by atoms with van der Waals surface area (Å²) in [5.74, 6) is -5.58. The first-order chi connectivity index (χ1) is 21.7. The van der Waals surface area contributed by atoms with Crippen LogP contribution in [0.15, 0.2) is 18.2 Å². The molecule has 3 amide bonds. The molecule has 2 heterocycles. The summed E-state index contributed by atoms with van der Waals surface area (Å²) in [5.41, 5.74) is -3.19. The Kier molecular flexibility index (Phi) is 4.59. The summed E-state index contributed by atoms with van der Waals surface area (Å²) in [6, 6.07) is -1.03. The second-order valence-corrected chi connectivity index (χ2v) is 9.98. The largest absolute Gasteiger partial charge is 0.498 e. The molecule has 1 aliphatic carbocycles. The van der Waals surface area contributed by atoms with Crippen LogP contribution in [0.3, 0.4) is 0 Å². The number of urea groups is 1. The molecule has 0 unspecified atom stereocenters. The highest BCUT2D eigenvalue weighted by Crippen LogP contribution is 2.34. The number of carbonyl (C=O) groups is 2. The predicted molar refractivity (Wildman–Crippen MR) is 135 cm³/mol. The molecule has 4 rings (SSSR count). The molecule has 0 bridgehead atoms. The number of ether oxygens (including phenoxy) is 1. The van der Waals surface area contributed by atoms with Crippen LogP contribution in [0, 0.1) is 11.7 Å². The number of amides is 3. The van der Waals surface area contributed by atoms with Crippen LogP contribution in [0.4, 0.5) is 25.4 Å². The van der Waals surface area contributed by atoms with E-state index >= 15 is 4.39 Å². The average molecular weight is 517 g/mol. The lowest BCUT2D eigenvalue weighted by molar-refractivity contribution is -0.924. The van der Waals surface area contributed by atoms with Crippen molar-refractivity contribution in [3.63, 3.8) is 0 Å². The molecule has 8 nitrogen and oxygen atoms in total. The highest BCUT2D eigenvalue weighted by molar-refractivity contribution is 5.92. The third-order valence-electron chi connectivity index (χ3n) is 6.54. The number of nitrogens with one attached hydrogen (secondary N) is 1. The maximum atomic E-state index is 15.9. The quantitative estimate of drug-likeness (QED) is 0.606. The minimum absolute atomic E-state index is 0.0370. The molecular formula is C27H41FN4O4. The van der Waals surface area contributed by atoms with E-state index in [1.54, 1.807) is 0 Å². The highest BCUT2D eigenvalue weighted by Gasteiger charge is 2.45. The van der Waals surface area contributed by atoms with E-state index in [-0.39, 0.29) is 36.9 Å². The molecule has 200 valence electrons. The van der Waals surface area contributed by atoms with Crippen molar-refractivity contribution in [2.24, 2.45) is 5.89 Å². The Balaban J connectivity index is 2.03. The van der Waals surface area contributed by atoms with Crippen LogP contribution < -0.4 is 20.2 Å². The van der Waals surface area contributed by atoms with Gasteiger partial charge in [0, 0.05) is 50.9 Å². The number of anilines is 2. The number of quaternary nitrogens is 1. The molecule has 0 radical (unpaired) electrons. The van der Waals surface area contributed by atoms with Crippen molar-refractivity contribution in [2.45, 2.75) is 70.8 Å². The van der Waals surface area contributed by atoms with E-state index < -0.39 is 83.9 Å². The average Bonchev–Trinajstić information content (AvgIpc) is 3.46. The number of hydrogen-bond acceptors (Lipinski definition) is 5. The van der Waals surface area contributed by atoms with E-state index in [9.17, 15) is 18.8 Å². The molecular weight excluding hydrogens is 463 g/mol. The number of rotatable bonds is 5. The number of benzene rings is 1. The van der Waals surface area contributed by atoms with Gasteiger partial charge in [0.05, 0.1) is 47.0 Å². The topological polar surface area (TPSA) is 84.9 Å². The van der Waals surface area contributed by atoms with E-state index in [0.717, 1.165) is 32.9 Å². The number of nitrogens with zero attached hydrogens (tertiary/aromatic N) is 3. The molecule has 1 aromatic rings. The van der Waals surface area contributed by atoms with Crippen LogP contribution in [0.1, 0.15) is 75.6 Å². The van der Waals surface area contributed by atoms with Crippen LogP contribution in [-0.4, -0.2) is 74.0 Å². The normalized spacial score (nSPS) is 38.5. The van der Waals surface area contributed by atoms with Crippen LogP contribution >= 0.6 is 0 Å². The summed E-state index contributed by atoms with van der Waals surface area (Å²) >= 11 is 0. The molecule has 2 saturated heterocycles. The van der Waals surface area contributed by atoms with Crippen molar-refractivity contribution in [1.29, 1.82) is 0 Å². The number of carboxylic acid groups (broad SMARTS) is 1. The van der Waals surface area contributed by atoms with Gasteiger partial charge in [0.25, 0.3) is 6.09 Å². The Morgan fingerprint density at radius 3 is 2.53 bits per heavy atom. The Hall–Kier alpha value is -2.39. The molecule has 0 atom stereocenters. The van der Waals surface area contributed by atoms with Gasteiger partial charge >= 0.3 is 6.03 Å². The Morgan fingerprint density at radius 2 is 1.94 bits per heavy atom. The zero-order valence-electron chi connectivity index (χ0n) is 32.7. The van der Waals surface area contributed by atoms with Crippen molar-refractivity contribution >= 4 is 23.5 Å². The van der Waals surface area contributed by atoms with Crippen LogP contribution in [-0.2, 0) is 4.74 Å². The van der Waals surface area contributed by atoms with Gasteiger partial charge in [0.2, 0.25) is 0 Å². The van der Waals surface area contributed by atoms with Gasteiger partial charge < -0.3 is 24.9 Å². The predicted octanol–water partition coefficient (Wildman–Crippen LogP) is 3.49. The SMILES string of the molecule is [2H]c1c(N(C(=O)NC2CCCC2)C([2H])([2H])C2([2H])C([2H])([2H])C([2H])([2H])[N+](C(=O)[O-])(C(C)(C)C)C([2H])([2H])C2([2H])[2H])ccc(N2CCOCC2)c1F. The van der Waals surface area contributed by atoms with E-state index in [1.807, 2.05) is 0 Å². The number of carbonyl (C=O) groups excluding carboxylic acids is 2. The second-order valence-electron chi connectivity index (χ2n) is 9.98. The summed E-state index contributed by atoms with van der Waals surface area (Å²) in [4.78, 5) is 28.4. The molecule has 2 aliphatic heterocycles. The van der Waals surface area contributed by atoms with Crippen molar-refractivity contribution < 1.29 is 44.8 Å². The third-order valence-corrected chi connectivity index (χ3v) is 6.54. The first-order valence-electron chi connectivity index (χ1n) is 18.1. The van der Waals surface area contributed by atoms with Gasteiger partial charge in [0.15, 0.2) is 0 Å².